The molecule has 0 radical (unpaired) electrons. The van der Waals surface area contributed by atoms with Gasteiger partial charge in [-0.3, -0.25) is 4.79 Å². The number of amides is 2. The Morgan fingerprint density at radius 2 is 1.62 bits per heavy atom. The fourth-order valence-electron chi connectivity index (χ4n) is 2.53. The van der Waals surface area contributed by atoms with E-state index < -0.39 is 17.7 Å². The molecule has 1 aromatic carbocycles. The number of carbonyl (C=O) groups excluding carboxylic acids is 2. The van der Waals surface area contributed by atoms with E-state index in [4.69, 9.17) is 4.74 Å². The first-order valence-electron chi connectivity index (χ1n) is 9.22. The highest BCUT2D eigenvalue weighted by atomic mass is 16.6. The van der Waals surface area contributed by atoms with Crippen LogP contribution in [0.25, 0.3) is 0 Å². The van der Waals surface area contributed by atoms with Crippen molar-refractivity contribution >= 4 is 23.4 Å². The monoisotopic (exact) mass is 363 g/mol. The van der Waals surface area contributed by atoms with Crippen LogP contribution in [-0.2, 0) is 9.53 Å². The zero-order valence-electron chi connectivity index (χ0n) is 17.1. The minimum absolute atomic E-state index is 0.0718. The van der Waals surface area contributed by atoms with Crippen molar-refractivity contribution in [2.24, 2.45) is 5.92 Å². The van der Waals surface area contributed by atoms with E-state index >= 15 is 0 Å². The first-order chi connectivity index (χ1) is 12.1. The van der Waals surface area contributed by atoms with Gasteiger partial charge in [-0.15, -0.1) is 0 Å². The van der Waals surface area contributed by atoms with Crippen molar-refractivity contribution in [1.29, 1.82) is 0 Å². The van der Waals surface area contributed by atoms with Gasteiger partial charge >= 0.3 is 6.09 Å². The van der Waals surface area contributed by atoms with Gasteiger partial charge in [0.1, 0.15) is 11.6 Å². The number of nitrogens with zero attached hydrogens (tertiary/aromatic N) is 1. The van der Waals surface area contributed by atoms with Gasteiger partial charge in [0.15, 0.2) is 0 Å². The molecule has 1 rings (SSSR count). The number of rotatable bonds is 7. The third-order valence-corrected chi connectivity index (χ3v) is 3.88. The van der Waals surface area contributed by atoms with Gasteiger partial charge < -0.3 is 20.3 Å². The van der Waals surface area contributed by atoms with Crippen LogP contribution < -0.4 is 15.5 Å². The number of hydrogen-bond acceptors (Lipinski definition) is 4. The molecular weight excluding hydrogens is 330 g/mol. The standard InChI is InChI=1S/C20H33N3O3/c1-8-23(9-2)16-12-10-15(11-13-16)21-18(24)17(14(3)4)22-19(25)26-20(5,6)7/h10-14,17H,8-9H2,1-7H3,(H,21,24)(H,22,25). The van der Waals surface area contributed by atoms with Gasteiger partial charge in [-0.05, 0) is 64.8 Å². The maximum absolute atomic E-state index is 12.6. The Labute approximate surface area is 157 Å². The Morgan fingerprint density at radius 3 is 2.04 bits per heavy atom. The zero-order chi connectivity index (χ0) is 19.9. The lowest BCUT2D eigenvalue weighted by Gasteiger charge is -2.25. The van der Waals surface area contributed by atoms with Crippen LogP contribution >= 0.6 is 0 Å². The number of nitrogens with one attached hydrogen (secondary N) is 2. The molecule has 0 fully saturated rings. The lowest BCUT2D eigenvalue weighted by atomic mass is 10.0. The van der Waals surface area contributed by atoms with E-state index in [1.54, 1.807) is 20.8 Å². The summed E-state index contributed by atoms with van der Waals surface area (Å²) in [6.07, 6.45) is -0.594. The SMILES string of the molecule is CCN(CC)c1ccc(NC(=O)C(NC(=O)OC(C)(C)C)C(C)C)cc1. The maximum Gasteiger partial charge on any atom is 0.408 e. The summed E-state index contributed by atoms with van der Waals surface area (Å²) in [6.45, 7) is 15.2. The minimum Gasteiger partial charge on any atom is -0.444 e. The highest BCUT2D eigenvalue weighted by molar-refractivity contribution is 5.96. The van der Waals surface area contributed by atoms with Crippen LogP contribution in [0, 0.1) is 5.92 Å². The third-order valence-electron chi connectivity index (χ3n) is 3.88. The molecule has 2 amide bonds. The number of carbonyl (C=O) groups is 2. The predicted molar refractivity (Wildman–Crippen MR) is 107 cm³/mol. The summed E-state index contributed by atoms with van der Waals surface area (Å²) >= 11 is 0. The van der Waals surface area contributed by atoms with Crippen LogP contribution in [0.5, 0.6) is 0 Å². The molecular formula is C20H33N3O3. The maximum atomic E-state index is 12.6. The number of alkyl carbamates (subject to hydrolysis) is 1. The summed E-state index contributed by atoms with van der Waals surface area (Å²) in [5.74, 6) is -0.334. The first kappa shape index (κ1) is 21.8. The van der Waals surface area contributed by atoms with Gasteiger partial charge in [0.2, 0.25) is 5.91 Å². The molecule has 0 aromatic heterocycles. The fourth-order valence-corrected chi connectivity index (χ4v) is 2.53. The van der Waals surface area contributed by atoms with Crippen LogP contribution in [-0.4, -0.2) is 36.7 Å². The Morgan fingerprint density at radius 1 is 1.08 bits per heavy atom. The summed E-state index contributed by atoms with van der Waals surface area (Å²) in [7, 11) is 0. The fraction of sp³-hybridized carbons (Fsp3) is 0.600. The van der Waals surface area contributed by atoms with Gasteiger partial charge in [0.05, 0.1) is 0 Å². The minimum atomic E-state index is -0.674. The van der Waals surface area contributed by atoms with Crippen molar-refractivity contribution in [3.05, 3.63) is 24.3 Å². The highest BCUT2D eigenvalue weighted by Crippen LogP contribution is 2.18. The molecule has 0 aliphatic carbocycles. The molecule has 0 aliphatic rings. The van der Waals surface area contributed by atoms with E-state index in [0.29, 0.717) is 5.69 Å². The Balaban J connectivity index is 2.77. The average molecular weight is 364 g/mol. The second-order valence-electron chi connectivity index (χ2n) is 7.58. The largest absolute Gasteiger partial charge is 0.444 e. The van der Waals surface area contributed by atoms with Crippen molar-refractivity contribution in [3.8, 4) is 0 Å². The van der Waals surface area contributed by atoms with Crippen LogP contribution in [0.3, 0.4) is 0 Å². The Kier molecular flexibility index (Phi) is 7.93. The second-order valence-corrected chi connectivity index (χ2v) is 7.58. The molecule has 6 heteroatoms. The summed E-state index contributed by atoms with van der Waals surface area (Å²) in [6, 6.07) is 7.03. The van der Waals surface area contributed by atoms with Crippen LogP contribution in [0.1, 0.15) is 48.5 Å². The molecule has 0 aliphatic heterocycles. The van der Waals surface area contributed by atoms with Crippen molar-refractivity contribution in [2.45, 2.75) is 60.1 Å². The quantitative estimate of drug-likeness (QED) is 0.767. The number of anilines is 2. The second kappa shape index (κ2) is 9.46. The van der Waals surface area contributed by atoms with E-state index in [0.717, 1.165) is 18.8 Å². The van der Waals surface area contributed by atoms with Crippen molar-refractivity contribution in [3.63, 3.8) is 0 Å². The van der Waals surface area contributed by atoms with Gasteiger partial charge in [-0.2, -0.15) is 0 Å². The number of ether oxygens (including phenoxy) is 1. The van der Waals surface area contributed by atoms with E-state index in [-0.39, 0.29) is 11.8 Å². The normalized spacial score (nSPS) is 12.5. The summed E-state index contributed by atoms with van der Waals surface area (Å²) in [5.41, 5.74) is 1.20. The van der Waals surface area contributed by atoms with E-state index in [1.165, 1.54) is 0 Å². The summed E-state index contributed by atoms with van der Waals surface area (Å²) in [5, 5.41) is 5.53. The molecule has 0 heterocycles. The molecule has 1 atom stereocenters. The molecule has 6 nitrogen and oxygen atoms in total. The molecule has 1 aromatic rings. The highest BCUT2D eigenvalue weighted by Gasteiger charge is 2.27. The molecule has 2 N–H and O–H groups in total. The first-order valence-corrected chi connectivity index (χ1v) is 9.22. The molecule has 1 unspecified atom stereocenters. The lowest BCUT2D eigenvalue weighted by molar-refractivity contribution is -0.119. The summed E-state index contributed by atoms with van der Waals surface area (Å²) in [4.78, 5) is 26.8. The van der Waals surface area contributed by atoms with E-state index in [9.17, 15) is 9.59 Å². The average Bonchev–Trinajstić information content (AvgIpc) is 2.53. The molecule has 0 bridgehead atoms. The van der Waals surface area contributed by atoms with Crippen molar-refractivity contribution < 1.29 is 14.3 Å². The summed E-state index contributed by atoms with van der Waals surface area (Å²) < 4.78 is 5.25. The van der Waals surface area contributed by atoms with Gasteiger partial charge in [-0.25, -0.2) is 4.79 Å². The molecule has 0 spiro atoms. The Hall–Kier alpha value is -2.24. The zero-order valence-corrected chi connectivity index (χ0v) is 17.1. The van der Waals surface area contributed by atoms with E-state index in [1.807, 2.05) is 38.1 Å². The molecule has 0 saturated heterocycles. The van der Waals surface area contributed by atoms with Crippen LogP contribution in [0.2, 0.25) is 0 Å². The van der Waals surface area contributed by atoms with Crippen LogP contribution in [0.4, 0.5) is 16.2 Å². The Bertz CT molecular complexity index is 587. The van der Waals surface area contributed by atoms with E-state index in [2.05, 4.69) is 29.4 Å². The van der Waals surface area contributed by atoms with Gasteiger partial charge in [0, 0.05) is 24.5 Å². The van der Waals surface area contributed by atoms with Crippen molar-refractivity contribution in [1.82, 2.24) is 5.32 Å². The number of benzene rings is 1. The smallest absolute Gasteiger partial charge is 0.408 e. The van der Waals surface area contributed by atoms with Crippen molar-refractivity contribution in [2.75, 3.05) is 23.3 Å². The number of hydrogen-bond donors (Lipinski definition) is 2. The topological polar surface area (TPSA) is 70.7 Å². The predicted octanol–water partition coefficient (Wildman–Crippen LogP) is 4.02. The molecule has 26 heavy (non-hydrogen) atoms. The third kappa shape index (κ3) is 6.94. The van der Waals surface area contributed by atoms with Gasteiger partial charge in [0.25, 0.3) is 0 Å². The molecule has 0 saturated carbocycles. The molecule has 146 valence electrons. The van der Waals surface area contributed by atoms with Crippen LogP contribution in [0.15, 0.2) is 24.3 Å². The lowest BCUT2D eigenvalue weighted by Crippen LogP contribution is -2.48. The van der Waals surface area contributed by atoms with Gasteiger partial charge in [-0.1, -0.05) is 13.8 Å².